The maximum Gasteiger partial charge on any atom is 0.213 e. The zero-order valence-electron chi connectivity index (χ0n) is 14.8. The number of aromatic nitrogens is 1. The van der Waals surface area contributed by atoms with Crippen LogP contribution in [0.15, 0.2) is 60.8 Å². The summed E-state index contributed by atoms with van der Waals surface area (Å²) < 4.78 is 28.6. The van der Waals surface area contributed by atoms with Crippen LogP contribution in [0.1, 0.15) is 32.3 Å². The van der Waals surface area contributed by atoms with Gasteiger partial charge >= 0.3 is 0 Å². The molecule has 1 atom stereocenters. The minimum absolute atomic E-state index is 0.115. The van der Waals surface area contributed by atoms with E-state index in [-0.39, 0.29) is 5.92 Å². The zero-order chi connectivity index (χ0) is 18.0. The highest BCUT2D eigenvalue weighted by Gasteiger charge is 2.17. The molecule has 1 aromatic heterocycles. The molecule has 0 amide bonds. The fraction of sp³-hybridized carbons (Fsp3) is 0.300. The number of rotatable bonds is 6. The van der Waals surface area contributed by atoms with Crippen molar-refractivity contribution in [1.82, 2.24) is 9.29 Å². The van der Waals surface area contributed by atoms with Crippen molar-refractivity contribution in [1.29, 1.82) is 0 Å². The van der Waals surface area contributed by atoms with E-state index in [4.69, 9.17) is 0 Å². The number of benzene rings is 2. The van der Waals surface area contributed by atoms with Gasteiger partial charge in [-0.25, -0.2) is 13.1 Å². The lowest BCUT2D eigenvalue weighted by Crippen LogP contribution is -2.33. The van der Waals surface area contributed by atoms with Crippen LogP contribution in [0, 0.1) is 0 Å². The maximum atomic E-state index is 11.9. The highest BCUT2D eigenvalue weighted by Crippen LogP contribution is 2.22. The highest BCUT2D eigenvalue weighted by atomic mass is 32.2. The van der Waals surface area contributed by atoms with E-state index in [2.05, 4.69) is 58.0 Å². The Balaban J connectivity index is 1.76. The third-order valence-electron chi connectivity index (χ3n) is 4.55. The van der Waals surface area contributed by atoms with Crippen LogP contribution in [-0.2, 0) is 10.0 Å². The molecule has 4 nitrogen and oxygen atoms in total. The first-order chi connectivity index (χ1) is 11.9. The van der Waals surface area contributed by atoms with Crippen molar-refractivity contribution in [3.63, 3.8) is 0 Å². The summed E-state index contributed by atoms with van der Waals surface area (Å²) in [4.78, 5) is 0. The first kappa shape index (κ1) is 17.7. The smallest absolute Gasteiger partial charge is 0.213 e. The van der Waals surface area contributed by atoms with Gasteiger partial charge in [0, 0.05) is 18.4 Å². The number of para-hydroxylation sites is 1. The average Bonchev–Trinajstić information content (AvgIpc) is 3.04. The van der Waals surface area contributed by atoms with E-state index >= 15 is 0 Å². The molecule has 0 saturated heterocycles. The summed E-state index contributed by atoms with van der Waals surface area (Å²) in [5.41, 5.74) is 3.39. The van der Waals surface area contributed by atoms with Crippen molar-refractivity contribution in [3.8, 4) is 5.69 Å². The second kappa shape index (κ2) is 7.02. The van der Waals surface area contributed by atoms with Crippen molar-refractivity contribution in [3.05, 3.63) is 66.4 Å². The second-order valence-corrected chi connectivity index (χ2v) is 9.00. The summed E-state index contributed by atoms with van der Waals surface area (Å²) in [6.45, 7) is 5.81. The zero-order valence-corrected chi connectivity index (χ0v) is 15.6. The van der Waals surface area contributed by atoms with Gasteiger partial charge in [0.2, 0.25) is 10.0 Å². The predicted octanol–water partition coefficient (Wildman–Crippen LogP) is 4.06. The van der Waals surface area contributed by atoms with Gasteiger partial charge in [0.05, 0.1) is 10.8 Å². The van der Waals surface area contributed by atoms with Gasteiger partial charge in [0.15, 0.2) is 0 Å². The molecular weight excluding hydrogens is 332 g/mol. The summed E-state index contributed by atoms with van der Waals surface area (Å²) in [6, 6.07) is 18.7. The Morgan fingerprint density at radius 1 is 0.960 bits per heavy atom. The van der Waals surface area contributed by atoms with E-state index in [0.717, 1.165) is 11.3 Å². The van der Waals surface area contributed by atoms with Crippen LogP contribution in [0.5, 0.6) is 0 Å². The molecule has 0 bridgehead atoms. The van der Waals surface area contributed by atoms with Gasteiger partial charge in [0.25, 0.3) is 0 Å². The lowest BCUT2D eigenvalue weighted by Gasteiger charge is -2.16. The average molecular weight is 356 g/mol. The highest BCUT2D eigenvalue weighted by molar-refractivity contribution is 7.90. The molecule has 0 fully saturated rings. The molecule has 0 saturated carbocycles. The van der Waals surface area contributed by atoms with E-state index in [9.17, 15) is 8.42 Å². The number of hydrogen-bond acceptors (Lipinski definition) is 2. The van der Waals surface area contributed by atoms with Crippen LogP contribution in [0.3, 0.4) is 0 Å². The standard InChI is InChI=1S/C20H24N2O2S/c1-15(2)25(23,24)21-14-16(3)17-8-10-19(11-9-17)22-13-12-18-6-4-5-7-20(18)22/h4-13,15-16,21H,14H2,1-3H3. The van der Waals surface area contributed by atoms with Crippen molar-refractivity contribution in [2.45, 2.75) is 31.9 Å². The summed E-state index contributed by atoms with van der Waals surface area (Å²) in [6.07, 6.45) is 2.07. The number of nitrogens with zero attached hydrogens (tertiary/aromatic N) is 1. The van der Waals surface area contributed by atoms with Crippen molar-refractivity contribution in [2.75, 3.05) is 6.54 Å². The van der Waals surface area contributed by atoms with E-state index in [1.54, 1.807) is 13.8 Å². The molecule has 3 aromatic rings. The lowest BCUT2D eigenvalue weighted by atomic mass is 10.0. The van der Waals surface area contributed by atoms with Crippen LogP contribution in [-0.4, -0.2) is 24.8 Å². The Morgan fingerprint density at radius 2 is 1.64 bits per heavy atom. The van der Waals surface area contributed by atoms with Gasteiger partial charge in [-0.2, -0.15) is 0 Å². The van der Waals surface area contributed by atoms with Crippen molar-refractivity contribution >= 4 is 20.9 Å². The minimum Gasteiger partial charge on any atom is -0.317 e. The Labute approximate surface area is 149 Å². The molecule has 0 aliphatic carbocycles. The van der Waals surface area contributed by atoms with Gasteiger partial charge in [-0.05, 0) is 55.0 Å². The third-order valence-corrected chi connectivity index (χ3v) is 6.36. The quantitative estimate of drug-likeness (QED) is 0.724. The first-order valence-corrected chi connectivity index (χ1v) is 10.1. The molecular formula is C20H24N2O2S. The third kappa shape index (κ3) is 3.78. The van der Waals surface area contributed by atoms with E-state index in [1.807, 2.05) is 19.1 Å². The van der Waals surface area contributed by atoms with E-state index < -0.39 is 15.3 Å². The van der Waals surface area contributed by atoms with Gasteiger partial charge in [-0.15, -0.1) is 0 Å². The Morgan fingerprint density at radius 3 is 2.32 bits per heavy atom. The number of fused-ring (bicyclic) bond motifs is 1. The second-order valence-electron chi connectivity index (χ2n) is 6.68. The molecule has 5 heteroatoms. The monoisotopic (exact) mass is 356 g/mol. The molecule has 0 radical (unpaired) electrons. The Kier molecular flexibility index (Phi) is 4.97. The topological polar surface area (TPSA) is 51.1 Å². The summed E-state index contributed by atoms with van der Waals surface area (Å²) in [5, 5.41) is 0.798. The molecule has 1 N–H and O–H groups in total. The summed E-state index contributed by atoms with van der Waals surface area (Å²) in [7, 11) is -3.22. The van der Waals surface area contributed by atoms with Crippen molar-refractivity contribution in [2.24, 2.45) is 0 Å². The van der Waals surface area contributed by atoms with Crippen LogP contribution >= 0.6 is 0 Å². The molecule has 1 unspecified atom stereocenters. The molecule has 132 valence electrons. The molecule has 2 aromatic carbocycles. The van der Waals surface area contributed by atoms with Gasteiger partial charge in [-0.3, -0.25) is 0 Å². The molecule has 1 heterocycles. The fourth-order valence-electron chi connectivity index (χ4n) is 2.80. The molecule has 3 rings (SSSR count). The first-order valence-electron chi connectivity index (χ1n) is 8.53. The van der Waals surface area contributed by atoms with Crippen molar-refractivity contribution < 1.29 is 8.42 Å². The Bertz CT molecular complexity index is 957. The SMILES string of the molecule is CC(CNS(=O)(=O)C(C)C)c1ccc(-n2ccc3ccccc32)cc1. The molecule has 0 aliphatic heterocycles. The maximum absolute atomic E-state index is 11.9. The van der Waals surface area contributed by atoms with E-state index in [0.29, 0.717) is 6.54 Å². The lowest BCUT2D eigenvalue weighted by molar-refractivity contribution is 0.566. The van der Waals surface area contributed by atoms with Crippen LogP contribution in [0.4, 0.5) is 0 Å². The normalized spacial score (nSPS) is 13.4. The largest absolute Gasteiger partial charge is 0.317 e. The predicted molar refractivity (Wildman–Crippen MR) is 104 cm³/mol. The van der Waals surface area contributed by atoms with Crippen LogP contribution < -0.4 is 4.72 Å². The molecule has 25 heavy (non-hydrogen) atoms. The van der Waals surface area contributed by atoms with Crippen LogP contribution in [0.2, 0.25) is 0 Å². The van der Waals surface area contributed by atoms with Gasteiger partial charge in [0.1, 0.15) is 0 Å². The number of hydrogen-bond donors (Lipinski definition) is 1. The minimum atomic E-state index is -3.22. The molecule has 0 spiro atoms. The van der Waals surface area contributed by atoms with E-state index in [1.165, 1.54) is 10.9 Å². The Hall–Kier alpha value is -2.11. The molecule has 0 aliphatic rings. The number of nitrogens with one attached hydrogen (secondary N) is 1. The van der Waals surface area contributed by atoms with Gasteiger partial charge < -0.3 is 4.57 Å². The van der Waals surface area contributed by atoms with Crippen LogP contribution in [0.25, 0.3) is 16.6 Å². The van der Waals surface area contributed by atoms with Gasteiger partial charge in [-0.1, -0.05) is 37.3 Å². The fourth-order valence-corrected chi connectivity index (χ4v) is 3.61. The summed E-state index contributed by atoms with van der Waals surface area (Å²) in [5.74, 6) is 0.115. The number of sulfonamides is 1. The summed E-state index contributed by atoms with van der Waals surface area (Å²) >= 11 is 0.